The van der Waals surface area contributed by atoms with Crippen LogP contribution in [0.1, 0.15) is 5.56 Å². The third kappa shape index (κ3) is 3.63. The molecule has 1 aromatic carbocycles. The second-order valence-corrected chi connectivity index (χ2v) is 5.35. The van der Waals surface area contributed by atoms with Crippen LogP contribution in [0.15, 0.2) is 33.1 Å². The van der Waals surface area contributed by atoms with E-state index in [2.05, 4.69) is 15.9 Å². The molecule has 70 valence electrons. The molecule has 0 amide bonds. The van der Waals surface area contributed by atoms with Crippen molar-refractivity contribution in [1.82, 2.24) is 0 Å². The predicted octanol–water partition coefficient (Wildman–Crippen LogP) is 3.36. The van der Waals surface area contributed by atoms with Crippen molar-refractivity contribution in [3.63, 3.8) is 0 Å². The molecule has 0 bridgehead atoms. The lowest BCUT2D eigenvalue weighted by Crippen LogP contribution is -1.83. The van der Waals surface area contributed by atoms with Gasteiger partial charge in [-0.1, -0.05) is 39.7 Å². The molecule has 0 spiro atoms. The molecule has 1 aromatic rings. The number of rotatable bonds is 2. The Morgan fingerprint density at radius 2 is 2.00 bits per heavy atom. The molecule has 0 unspecified atom stereocenters. The van der Waals surface area contributed by atoms with Gasteiger partial charge in [-0.15, -0.1) is 0 Å². The van der Waals surface area contributed by atoms with Gasteiger partial charge in [-0.3, -0.25) is 4.21 Å². The van der Waals surface area contributed by atoms with E-state index < -0.39 is 10.8 Å². The van der Waals surface area contributed by atoms with Gasteiger partial charge in [0.05, 0.1) is 10.8 Å². The average molecular weight is 280 g/mol. The highest BCUT2D eigenvalue weighted by molar-refractivity contribution is 9.10. The molecule has 0 aliphatic carbocycles. The zero-order chi connectivity index (χ0) is 9.84. The Morgan fingerprint density at radius 3 is 2.46 bits per heavy atom. The van der Waals surface area contributed by atoms with Crippen molar-refractivity contribution in [1.29, 1.82) is 0 Å². The van der Waals surface area contributed by atoms with Crippen molar-refractivity contribution in [2.75, 3.05) is 6.26 Å². The molecule has 1 rings (SSSR count). The molecule has 0 saturated carbocycles. The minimum Gasteiger partial charge on any atom is -0.254 e. The molecule has 0 N–H and O–H groups in total. The second-order valence-electron chi connectivity index (χ2n) is 2.45. The van der Waals surface area contributed by atoms with Crippen LogP contribution in [0.5, 0.6) is 0 Å². The minimum absolute atomic E-state index is 0.363. The van der Waals surface area contributed by atoms with Crippen molar-refractivity contribution in [2.24, 2.45) is 0 Å². The molecule has 0 aliphatic heterocycles. The lowest BCUT2D eigenvalue weighted by Gasteiger charge is -1.95. The van der Waals surface area contributed by atoms with E-state index in [0.717, 1.165) is 10.0 Å². The lowest BCUT2D eigenvalue weighted by molar-refractivity contribution is 0.691. The summed E-state index contributed by atoms with van der Waals surface area (Å²) >= 11 is 9.07. The molecular formula is C9H8BrClOS. The summed E-state index contributed by atoms with van der Waals surface area (Å²) in [5.41, 5.74) is 0.948. The van der Waals surface area contributed by atoms with Crippen molar-refractivity contribution in [3.8, 4) is 0 Å². The van der Waals surface area contributed by atoms with E-state index in [1.807, 2.05) is 24.3 Å². The minimum atomic E-state index is -1.10. The van der Waals surface area contributed by atoms with Crippen molar-refractivity contribution < 1.29 is 4.21 Å². The van der Waals surface area contributed by atoms with E-state index in [4.69, 9.17) is 11.6 Å². The Labute approximate surface area is 93.4 Å². The van der Waals surface area contributed by atoms with Crippen LogP contribution in [0.25, 0.3) is 6.08 Å². The smallest absolute Gasteiger partial charge is 0.105 e. The molecule has 0 heterocycles. The van der Waals surface area contributed by atoms with Gasteiger partial charge < -0.3 is 0 Å². The van der Waals surface area contributed by atoms with E-state index in [9.17, 15) is 4.21 Å². The van der Waals surface area contributed by atoms with Gasteiger partial charge in [-0.25, -0.2) is 0 Å². The molecule has 0 saturated heterocycles. The fourth-order valence-electron chi connectivity index (χ4n) is 0.773. The van der Waals surface area contributed by atoms with Gasteiger partial charge in [0.15, 0.2) is 0 Å². The molecule has 0 aromatic heterocycles. The van der Waals surface area contributed by atoms with Crippen LogP contribution in [0, 0.1) is 0 Å². The summed E-state index contributed by atoms with van der Waals surface area (Å²) in [5, 5.41) is 0. The quantitative estimate of drug-likeness (QED) is 0.811. The summed E-state index contributed by atoms with van der Waals surface area (Å²) in [6.45, 7) is 0. The lowest BCUT2D eigenvalue weighted by atomic mass is 10.2. The van der Waals surface area contributed by atoms with E-state index in [1.54, 1.807) is 12.3 Å². The van der Waals surface area contributed by atoms with Gasteiger partial charge in [0.1, 0.15) is 4.36 Å². The van der Waals surface area contributed by atoms with Crippen LogP contribution in [0.2, 0.25) is 0 Å². The van der Waals surface area contributed by atoms with Gasteiger partial charge in [-0.05, 0) is 23.8 Å². The summed E-state index contributed by atoms with van der Waals surface area (Å²) in [4.78, 5) is 0. The molecule has 0 fully saturated rings. The molecule has 0 radical (unpaired) electrons. The molecule has 1 atom stereocenters. The molecular weight excluding hydrogens is 272 g/mol. The molecule has 1 nitrogen and oxygen atoms in total. The zero-order valence-corrected chi connectivity index (χ0v) is 10.1. The van der Waals surface area contributed by atoms with Gasteiger partial charge in [0, 0.05) is 10.7 Å². The Bertz CT molecular complexity index is 345. The van der Waals surface area contributed by atoms with Crippen molar-refractivity contribution in [2.45, 2.75) is 0 Å². The summed E-state index contributed by atoms with van der Waals surface area (Å²) in [6.07, 6.45) is 3.25. The molecule has 13 heavy (non-hydrogen) atoms. The summed E-state index contributed by atoms with van der Waals surface area (Å²) in [6, 6.07) is 7.63. The number of hydrogen-bond donors (Lipinski definition) is 0. The normalized spacial score (nSPS) is 14.2. The largest absolute Gasteiger partial charge is 0.254 e. The van der Waals surface area contributed by atoms with Crippen LogP contribution >= 0.6 is 27.5 Å². The van der Waals surface area contributed by atoms with Crippen LogP contribution in [0.3, 0.4) is 0 Å². The van der Waals surface area contributed by atoms with Gasteiger partial charge in [0.2, 0.25) is 0 Å². The maximum Gasteiger partial charge on any atom is 0.105 e. The first-order chi connectivity index (χ1) is 6.09. The summed E-state index contributed by atoms with van der Waals surface area (Å²) < 4.78 is 12.3. The SMILES string of the molecule is C[S@](=O)/C(Cl)=C\c1ccc(Br)cc1. The van der Waals surface area contributed by atoms with E-state index >= 15 is 0 Å². The average Bonchev–Trinajstić information content (AvgIpc) is 2.08. The Morgan fingerprint density at radius 1 is 1.46 bits per heavy atom. The number of hydrogen-bond acceptors (Lipinski definition) is 1. The predicted molar refractivity (Wildman–Crippen MR) is 62.0 cm³/mol. The first-order valence-electron chi connectivity index (χ1n) is 3.56. The van der Waals surface area contributed by atoms with E-state index in [-0.39, 0.29) is 0 Å². The third-order valence-corrected chi connectivity index (χ3v) is 3.38. The third-order valence-electron chi connectivity index (χ3n) is 1.42. The maximum absolute atomic E-state index is 10.9. The Balaban J connectivity index is 2.92. The van der Waals surface area contributed by atoms with Gasteiger partial charge in [-0.2, -0.15) is 0 Å². The van der Waals surface area contributed by atoms with Gasteiger partial charge in [0.25, 0.3) is 0 Å². The summed E-state index contributed by atoms with van der Waals surface area (Å²) in [7, 11) is -1.10. The number of benzene rings is 1. The van der Waals surface area contributed by atoms with E-state index in [0.29, 0.717) is 4.36 Å². The van der Waals surface area contributed by atoms with Crippen LogP contribution in [-0.4, -0.2) is 10.5 Å². The molecule has 0 aliphatic rings. The monoisotopic (exact) mass is 278 g/mol. The first-order valence-corrected chi connectivity index (χ1v) is 6.28. The topological polar surface area (TPSA) is 17.1 Å². The molecule has 4 heteroatoms. The Hall–Kier alpha value is -0.120. The zero-order valence-electron chi connectivity index (χ0n) is 6.96. The van der Waals surface area contributed by atoms with Gasteiger partial charge >= 0.3 is 0 Å². The first kappa shape index (κ1) is 11.0. The second kappa shape index (κ2) is 4.94. The standard InChI is InChI=1S/C9H8BrClOS/c1-13(12)9(11)6-7-2-4-8(10)5-3-7/h2-6H,1H3/b9-6-/t13-/m0/s1. The fraction of sp³-hybridized carbons (Fsp3) is 0.111. The highest BCUT2D eigenvalue weighted by Gasteiger charge is 1.97. The maximum atomic E-state index is 10.9. The number of halogens is 2. The Kier molecular flexibility index (Phi) is 4.16. The summed E-state index contributed by atoms with van der Waals surface area (Å²) in [5.74, 6) is 0. The fourth-order valence-corrected chi connectivity index (χ4v) is 1.47. The van der Waals surface area contributed by atoms with Crippen molar-refractivity contribution in [3.05, 3.63) is 38.7 Å². The van der Waals surface area contributed by atoms with Crippen LogP contribution in [0.4, 0.5) is 0 Å². The van der Waals surface area contributed by atoms with E-state index in [1.165, 1.54) is 0 Å². The highest BCUT2D eigenvalue weighted by atomic mass is 79.9. The van der Waals surface area contributed by atoms with Crippen LogP contribution in [-0.2, 0) is 10.8 Å². The van der Waals surface area contributed by atoms with Crippen molar-refractivity contribution >= 4 is 44.4 Å². The highest BCUT2D eigenvalue weighted by Crippen LogP contribution is 2.15. The van der Waals surface area contributed by atoms with Crippen LogP contribution < -0.4 is 0 Å².